The summed E-state index contributed by atoms with van der Waals surface area (Å²) in [6.07, 6.45) is 0. The summed E-state index contributed by atoms with van der Waals surface area (Å²) in [6, 6.07) is 11.7. The summed E-state index contributed by atoms with van der Waals surface area (Å²) < 4.78 is 5.18. The smallest absolute Gasteiger partial charge is 0.123 e. The molecule has 0 heterocycles. The number of benzene rings is 2. The van der Waals surface area contributed by atoms with Crippen molar-refractivity contribution < 1.29 is 9.84 Å². The van der Waals surface area contributed by atoms with Gasteiger partial charge in [-0.3, -0.25) is 0 Å². The van der Waals surface area contributed by atoms with Crippen LogP contribution >= 0.6 is 0 Å². The maximum Gasteiger partial charge on any atom is 0.123 e. The molecule has 0 aliphatic rings. The van der Waals surface area contributed by atoms with Gasteiger partial charge in [0.15, 0.2) is 0 Å². The van der Waals surface area contributed by atoms with E-state index in [1.54, 1.807) is 7.11 Å². The SMILES string of the molecule is COc1ccc(C#Cc2cc(C(C)(C)C)c(O)c(C(C)(C)C)c2)cc1. The van der Waals surface area contributed by atoms with Crippen LogP contribution in [-0.2, 0) is 10.8 Å². The lowest BCUT2D eigenvalue weighted by atomic mass is 9.78. The number of rotatable bonds is 1. The molecule has 0 aliphatic heterocycles. The highest BCUT2D eigenvalue weighted by molar-refractivity contribution is 5.55. The molecule has 2 heteroatoms. The van der Waals surface area contributed by atoms with Gasteiger partial charge in [0, 0.05) is 22.3 Å². The second-order valence-electron chi connectivity index (χ2n) is 8.40. The Hall–Kier alpha value is -2.40. The Bertz CT molecular complexity index is 769. The number of methoxy groups -OCH3 is 1. The van der Waals surface area contributed by atoms with E-state index in [1.165, 1.54) is 0 Å². The fraction of sp³-hybridized carbons (Fsp3) is 0.391. The first kappa shape index (κ1) is 18.9. The topological polar surface area (TPSA) is 29.5 Å². The van der Waals surface area contributed by atoms with Gasteiger partial charge in [0.1, 0.15) is 11.5 Å². The standard InChI is InChI=1S/C23H28O2/c1-22(2,3)19-14-17(15-20(21(19)24)23(4,5)6)9-8-16-10-12-18(25-7)13-11-16/h10-15,24H,1-7H3. The monoisotopic (exact) mass is 336 g/mol. The molecule has 0 spiro atoms. The predicted octanol–water partition coefficient (Wildman–Crippen LogP) is 5.40. The number of phenolic OH excluding ortho intramolecular Hbond substituents is 1. The van der Waals surface area contributed by atoms with Crippen molar-refractivity contribution in [2.75, 3.05) is 7.11 Å². The zero-order chi connectivity index (χ0) is 18.8. The molecule has 2 aromatic carbocycles. The van der Waals surface area contributed by atoms with Gasteiger partial charge in [-0.05, 0) is 47.2 Å². The highest BCUT2D eigenvalue weighted by atomic mass is 16.5. The molecular weight excluding hydrogens is 308 g/mol. The summed E-state index contributed by atoms with van der Waals surface area (Å²) in [4.78, 5) is 0. The lowest BCUT2D eigenvalue weighted by molar-refractivity contribution is 0.415. The van der Waals surface area contributed by atoms with Gasteiger partial charge in [0.25, 0.3) is 0 Å². The molecule has 2 nitrogen and oxygen atoms in total. The zero-order valence-electron chi connectivity index (χ0n) is 16.3. The number of aromatic hydroxyl groups is 1. The average Bonchev–Trinajstić information content (AvgIpc) is 2.52. The van der Waals surface area contributed by atoms with Crippen molar-refractivity contribution in [2.24, 2.45) is 0 Å². The van der Waals surface area contributed by atoms with E-state index in [4.69, 9.17) is 4.74 Å². The molecule has 0 amide bonds. The van der Waals surface area contributed by atoms with Gasteiger partial charge in [-0.1, -0.05) is 53.4 Å². The second kappa shape index (κ2) is 6.84. The van der Waals surface area contributed by atoms with E-state index in [0.29, 0.717) is 5.75 Å². The molecule has 25 heavy (non-hydrogen) atoms. The summed E-state index contributed by atoms with van der Waals surface area (Å²) in [6.45, 7) is 12.6. The third kappa shape index (κ3) is 4.57. The van der Waals surface area contributed by atoms with Crippen molar-refractivity contribution in [3.8, 4) is 23.3 Å². The average molecular weight is 336 g/mol. The van der Waals surface area contributed by atoms with E-state index in [1.807, 2.05) is 36.4 Å². The summed E-state index contributed by atoms with van der Waals surface area (Å²) in [5.74, 6) is 7.65. The van der Waals surface area contributed by atoms with Crippen LogP contribution < -0.4 is 4.74 Å². The minimum Gasteiger partial charge on any atom is -0.507 e. The second-order valence-corrected chi connectivity index (χ2v) is 8.40. The fourth-order valence-corrected chi connectivity index (χ4v) is 2.67. The first-order valence-electron chi connectivity index (χ1n) is 8.56. The maximum atomic E-state index is 10.8. The number of ether oxygens (including phenoxy) is 1. The summed E-state index contributed by atoms with van der Waals surface area (Å²) in [5, 5.41) is 10.8. The van der Waals surface area contributed by atoms with Gasteiger partial charge in [0.05, 0.1) is 7.11 Å². The van der Waals surface area contributed by atoms with E-state index >= 15 is 0 Å². The van der Waals surface area contributed by atoms with Gasteiger partial charge in [-0.25, -0.2) is 0 Å². The molecule has 0 bridgehead atoms. The minimum absolute atomic E-state index is 0.151. The summed E-state index contributed by atoms with van der Waals surface area (Å²) in [7, 11) is 1.65. The van der Waals surface area contributed by atoms with E-state index in [-0.39, 0.29) is 10.8 Å². The van der Waals surface area contributed by atoms with Crippen LogP contribution in [0.5, 0.6) is 11.5 Å². The number of hydrogen-bond acceptors (Lipinski definition) is 2. The Morgan fingerprint density at radius 3 is 1.60 bits per heavy atom. The third-order valence-electron chi connectivity index (χ3n) is 4.17. The van der Waals surface area contributed by atoms with Crippen molar-refractivity contribution in [3.05, 3.63) is 58.7 Å². The molecule has 132 valence electrons. The van der Waals surface area contributed by atoms with Crippen LogP contribution in [0, 0.1) is 11.8 Å². The Kier molecular flexibility index (Phi) is 5.18. The van der Waals surface area contributed by atoms with E-state index < -0.39 is 0 Å². The van der Waals surface area contributed by atoms with Crippen molar-refractivity contribution >= 4 is 0 Å². The van der Waals surface area contributed by atoms with E-state index in [0.717, 1.165) is 28.0 Å². The van der Waals surface area contributed by atoms with Crippen LogP contribution in [-0.4, -0.2) is 12.2 Å². The molecular formula is C23H28O2. The molecule has 0 unspecified atom stereocenters. The molecule has 2 aromatic rings. The third-order valence-corrected chi connectivity index (χ3v) is 4.17. The first-order valence-corrected chi connectivity index (χ1v) is 8.56. The Morgan fingerprint density at radius 2 is 1.20 bits per heavy atom. The molecule has 1 N–H and O–H groups in total. The number of hydrogen-bond donors (Lipinski definition) is 1. The predicted molar refractivity (Wildman–Crippen MR) is 104 cm³/mol. The van der Waals surface area contributed by atoms with Crippen molar-refractivity contribution in [3.63, 3.8) is 0 Å². The van der Waals surface area contributed by atoms with E-state index in [9.17, 15) is 5.11 Å². The summed E-state index contributed by atoms with van der Waals surface area (Å²) >= 11 is 0. The molecule has 0 saturated carbocycles. The lowest BCUT2D eigenvalue weighted by Crippen LogP contribution is -2.17. The molecule has 0 radical (unpaired) electrons. The van der Waals surface area contributed by atoms with Gasteiger partial charge in [-0.2, -0.15) is 0 Å². The van der Waals surface area contributed by atoms with Crippen LogP contribution in [0.3, 0.4) is 0 Å². The quantitative estimate of drug-likeness (QED) is 0.707. The molecule has 0 saturated heterocycles. The van der Waals surface area contributed by atoms with Gasteiger partial charge in [-0.15, -0.1) is 0 Å². The van der Waals surface area contributed by atoms with Crippen molar-refractivity contribution in [2.45, 2.75) is 52.4 Å². The largest absolute Gasteiger partial charge is 0.507 e. The molecule has 0 atom stereocenters. The van der Waals surface area contributed by atoms with Crippen LogP contribution in [0.2, 0.25) is 0 Å². The number of phenols is 1. The fourth-order valence-electron chi connectivity index (χ4n) is 2.67. The van der Waals surface area contributed by atoms with Crippen LogP contribution in [0.1, 0.15) is 63.8 Å². The highest BCUT2D eigenvalue weighted by Crippen LogP contribution is 2.39. The Morgan fingerprint density at radius 1 is 0.760 bits per heavy atom. The Labute approximate surface area is 151 Å². The maximum absolute atomic E-state index is 10.8. The molecule has 2 rings (SSSR count). The normalized spacial score (nSPS) is 11.6. The summed E-state index contributed by atoms with van der Waals surface area (Å²) in [5.41, 5.74) is 3.41. The molecule has 0 aliphatic carbocycles. The van der Waals surface area contributed by atoms with Gasteiger partial charge < -0.3 is 9.84 Å². The molecule has 0 fully saturated rings. The van der Waals surface area contributed by atoms with Crippen molar-refractivity contribution in [1.29, 1.82) is 0 Å². The highest BCUT2D eigenvalue weighted by Gasteiger charge is 2.26. The zero-order valence-corrected chi connectivity index (χ0v) is 16.3. The van der Waals surface area contributed by atoms with Crippen molar-refractivity contribution in [1.82, 2.24) is 0 Å². The van der Waals surface area contributed by atoms with Gasteiger partial charge >= 0.3 is 0 Å². The van der Waals surface area contributed by atoms with E-state index in [2.05, 4.69) is 53.4 Å². The van der Waals surface area contributed by atoms with Crippen LogP contribution in [0.4, 0.5) is 0 Å². The lowest BCUT2D eigenvalue weighted by Gasteiger charge is -2.27. The van der Waals surface area contributed by atoms with Gasteiger partial charge in [0.2, 0.25) is 0 Å². The van der Waals surface area contributed by atoms with Crippen LogP contribution in [0.25, 0.3) is 0 Å². The first-order chi connectivity index (χ1) is 11.5. The Balaban J connectivity index is 2.53. The molecule has 0 aromatic heterocycles. The van der Waals surface area contributed by atoms with Crippen LogP contribution in [0.15, 0.2) is 36.4 Å². The minimum atomic E-state index is -0.151.